The summed E-state index contributed by atoms with van der Waals surface area (Å²) < 4.78 is 0. The Bertz CT molecular complexity index is 410. The third-order valence-corrected chi connectivity index (χ3v) is 3.32. The summed E-state index contributed by atoms with van der Waals surface area (Å²) in [6.07, 6.45) is 7.65. The van der Waals surface area contributed by atoms with Crippen LogP contribution < -0.4 is 5.43 Å². The molecule has 0 unspecified atom stereocenters. The quantitative estimate of drug-likeness (QED) is 0.632. The van der Waals surface area contributed by atoms with Gasteiger partial charge in [0.25, 0.3) is 0 Å². The first-order valence-electron chi connectivity index (χ1n) is 6.57. The van der Waals surface area contributed by atoms with Crippen LogP contribution in [-0.2, 0) is 6.42 Å². The van der Waals surface area contributed by atoms with Crippen molar-refractivity contribution in [2.45, 2.75) is 52.4 Å². The number of rotatable bonds is 6. The van der Waals surface area contributed by atoms with Gasteiger partial charge < -0.3 is 0 Å². The van der Waals surface area contributed by atoms with Crippen LogP contribution in [0.2, 0.25) is 0 Å². The van der Waals surface area contributed by atoms with Gasteiger partial charge >= 0.3 is 0 Å². The predicted molar refractivity (Wildman–Crippen MR) is 70.0 cm³/mol. The van der Waals surface area contributed by atoms with Gasteiger partial charge in [-0.05, 0) is 42.2 Å². The van der Waals surface area contributed by atoms with Crippen LogP contribution in [0.4, 0.5) is 11.4 Å². The maximum Gasteiger partial charge on any atom is 0.118 e. The standard InChI is InChI=1S/C14H20N3/c1-3-4-5-6-7-8-12-11(2)9-10-13-14(12)16-17-15-13/h9-10H,3-8H2,1-2H3. The zero-order chi connectivity index (χ0) is 12.1. The Labute approximate surface area is 103 Å². The van der Waals surface area contributed by atoms with Crippen molar-refractivity contribution in [1.82, 2.24) is 5.43 Å². The molecule has 0 bridgehead atoms. The molecule has 1 heterocycles. The molecule has 1 aliphatic heterocycles. The fourth-order valence-electron chi connectivity index (χ4n) is 2.25. The minimum atomic E-state index is 0.930. The van der Waals surface area contributed by atoms with Crippen LogP contribution in [0.15, 0.2) is 22.5 Å². The van der Waals surface area contributed by atoms with Crippen molar-refractivity contribution in [3.63, 3.8) is 0 Å². The van der Waals surface area contributed by atoms with Gasteiger partial charge in [0, 0.05) is 0 Å². The second-order valence-corrected chi connectivity index (χ2v) is 4.68. The Kier molecular flexibility index (Phi) is 4.13. The second kappa shape index (κ2) is 5.80. The van der Waals surface area contributed by atoms with Crippen LogP contribution in [0, 0.1) is 6.92 Å². The number of benzene rings is 1. The fraction of sp³-hybridized carbons (Fsp3) is 0.571. The van der Waals surface area contributed by atoms with Crippen LogP contribution in [0.3, 0.4) is 0 Å². The fourth-order valence-corrected chi connectivity index (χ4v) is 2.25. The highest BCUT2D eigenvalue weighted by Crippen LogP contribution is 2.36. The van der Waals surface area contributed by atoms with Gasteiger partial charge in [0.15, 0.2) is 0 Å². The molecular formula is C14H20N3. The van der Waals surface area contributed by atoms with E-state index in [-0.39, 0.29) is 0 Å². The summed E-state index contributed by atoms with van der Waals surface area (Å²) >= 11 is 0. The first-order valence-corrected chi connectivity index (χ1v) is 6.57. The Balaban J connectivity index is 1.96. The van der Waals surface area contributed by atoms with E-state index in [2.05, 4.69) is 35.7 Å². The van der Waals surface area contributed by atoms with Crippen LogP contribution >= 0.6 is 0 Å². The molecule has 0 fully saturated rings. The van der Waals surface area contributed by atoms with Gasteiger partial charge in [-0.2, -0.15) is 0 Å². The van der Waals surface area contributed by atoms with Crippen molar-refractivity contribution in [3.8, 4) is 0 Å². The number of hydrogen-bond acceptors (Lipinski definition) is 2. The SMILES string of the molecule is CCCCCCCc1c(C)ccc2c1N=N[N]2. The lowest BCUT2D eigenvalue weighted by molar-refractivity contribution is 0.632. The molecule has 0 aliphatic carbocycles. The molecule has 1 radical (unpaired) electrons. The average Bonchev–Trinajstić information content (AvgIpc) is 2.79. The molecule has 0 saturated heterocycles. The molecule has 1 aliphatic rings. The normalized spacial score (nSPS) is 12.6. The maximum absolute atomic E-state index is 4.13. The minimum Gasteiger partial charge on any atom is -0.128 e. The molecule has 0 spiro atoms. The van der Waals surface area contributed by atoms with E-state index in [4.69, 9.17) is 0 Å². The number of nitrogens with zero attached hydrogens (tertiary/aromatic N) is 3. The van der Waals surface area contributed by atoms with Gasteiger partial charge in [-0.15, -0.1) is 10.5 Å². The van der Waals surface area contributed by atoms with Crippen molar-refractivity contribution in [2.75, 3.05) is 0 Å². The Morgan fingerprint density at radius 3 is 2.71 bits per heavy atom. The van der Waals surface area contributed by atoms with E-state index in [9.17, 15) is 0 Å². The van der Waals surface area contributed by atoms with Gasteiger partial charge in [0.2, 0.25) is 0 Å². The van der Waals surface area contributed by atoms with Crippen LogP contribution in [0.1, 0.15) is 50.2 Å². The third-order valence-electron chi connectivity index (χ3n) is 3.32. The molecule has 91 valence electrons. The average molecular weight is 230 g/mol. The van der Waals surface area contributed by atoms with E-state index in [1.165, 1.54) is 43.2 Å². The van der Waals surface area contributed by atoms with Crippen molar-refractivity contribution in [1.29, 1.82) is 0 Å². The summed E-state index contributed by atoms with van der Waals surface area (Å²) in [6, 6.07) is 4.13. The van der Waals surface area contributed by atoms with Gasteiger partial charge in [-0.1, -0.05) is 38.7 Å². The topological polar surface area (TPSA) is 38.8 Å². The van der Waals surface area contributed by atoms with Crippen molar-refractivity contribution >= 4 is 11.4 Å². The Morgan fingerprint density at radius 2 is 1.88 bits per heavy atom. The number of aryl methyl sites for hydroxylation is 1. The second-order valence-electron chi connectivity index (χ2n) is 4.68. The Hall–Kier alpha value is -1.38. The summed E-state index contributed by atoms with van der Waals surface area (Å²) in [5.74, 6) is 0. The van der Waals surface area contributed by atoms with Gasteiger partial charge in [0.05, 0.1) is 0 Å². The summed E-state index contributed by atoms with van der Waals surface area (Å²) in [7, 11) is 0. The maximum atomic E-state index is 4.13. The molecule has 0 aromatic heterocycles. The summed E-state index contributed by atoms with van der Waals surface area (Å²) in [5, 5.41) is 7.89. The number of fused-ring (bicyclic) bond motifs is 1. The zero-order valence-corrected chi connectivity index (χ0v) is 10.7. The first-order chi connectivity index (χ1) is 8.33. The van der Waals surface area contributed by atoms with E-state index in [0.29, 0.717) is 0 Å². The van der Waals surface area contributed by atoms with Gasteiger partial charge in [0.1, 0.15) is 11.4 Å². The molecule has 1 aromatic carbocycles. The molecule has 0 N–H and O–H groups in total. The van der Waals surface area contributed by atoms with E-state index >= 15 is 0 Å². The summed E-state index contributed by atoms with van der Waals surface area (Å²) in [5.41, 5.74) is 8.60. The number of hydrogen-bond donors (Lipinski definition) is 0. The highest BCUT2D eigenvalue weighted by Gasteiger charge is 2.15. The van der Waals surface area contributed by atoms with Crippen LogP contribution in [0.5, 0.6) is 0 Å². The molecule has 17 heavy (non-hydrogen) atoms. The van der Waals surface area contributed by atoms with E-state index in [1.54, 1.807) is 0 Å². The highest BCUT2D eigenvalue weighted by molar-refractivity contribution is 5.68. The highest BCUT2D eigenvalue weighted by atomic mass is 15.5. The Morgan fingerprint density at radius 1 is 1.06 bits per heavy atom. The molecule has 3 nitrogen and oxygen atoms in total. The van der Waals surface area contributed by atoms with Gasteiger partial charge in [-0.3, -0.25) is 0 Å². The van der Waals surface area contributed by atoms with E-state index in [1.807, 2.05) is 6.07 Å². The lowest BCUT2D eigenvalue weighted by Crippen LogP contribution is -1.92. The molecule has 2 rings (SSSR count). The molecule has 0 atom stereocenters. The zero-order valence-electron chi connectivity index (χ0n) is 10.7. The first kappa shape index (κ1) is 12.1. The molecule has 1 aromatic rings. The third kappa shape index (κ3) is 2.84. The summed E-state index contributed by atoms with van der Waals surface area (Å²) in [6.45, 7) is 4.39. The molecule has 3 heteroatoms. The predicted octanol–water partition coefficient (Wildman–Crippen LogP) is 4.76. The molecule has 0 amide bonds. The van der Waals surface area contributed by atoms with Crippen molar-refractivity contribution in [2.24, 2.45) is 10.3 Å². The molecular weight excluding hydrogens is 210 g/mol. The van der Waals surface area contributed by atoms with Crippen LogP contribution in [-0.4, -0.2) is 0 Å². The van der Waals surface area contributed by atoms with Crippen LogP contribution in [0.25, 0.3) is 0 Å². The smallest absolute Gasteiger partial charge is 0.118 e. The monoisotopic (exact) mass is 230 g/mol. The van der Waals surface area contributed by atoms with Gasteiger partial charge in [-0.25, -0.2) is 0 Å². The number of unbranched alkanes of at least 4 members (excludes halogenated alkanes) is 4. The minimum absolute atomic E-state index is 0.930. The van der Waals surface area contributed by atoms with Crippen molar-refractivity contribution in [3.05, 3.63) is 23.3 Å². The summed E-state index contributed by atoms with van der Waals surface area (Å²) in [4.78, 5) is 0. The lowest BCUT2D eigenvalue weighted by atomic mass is 9.99. The van der Waals surface area contributed by atoms with Crippen molar-refractivity contribution < 1.29 is 0 Å². The lowest BCUT2D eigenvalue weighted by Gasteiger charge is -2.08. The largest absolute Gasteiger partial charge is 0.128 e. The molecule has 0 saturated carbocycles. The van der Waals surface area contributed by atoms with E-state index < -0.39 is 0 Å². The van der Waals surface area contributed by atoms with E-state index in [0.717, 1.165) is 17.8 Å².